The molecule has 0 fully saturated rings. The van der Waals surface area contributed by atoms with Crippen molar-refractivity contribution >= 4 is 28.5 Å². The van der Waals surface area contributed by atoms with Gasteiger partial charge in [0.05, 0.1) is 16.9 Å². The summed E-state index contributed by atoms with van der Waals surface area (Å²) >= 11 is 6.15. The number of unbranched alkanes of at least 4 members (excludes halogenated alkanes) is 3. The van der Waals surface area contributed by atoms with Crippen LogP contribution in [0.1, 0.15) is 39.5 Å². The first-order valence-corrected chi connectivity index (χ1v) is 8.78. The molecule has 24 heavy (non-hydrogen) atoms. The van der Waals surface area contributed by atoms with E-state index in [2.05, 4.69) is 29.9 Å². The van der Waals surface area contributed by atoms with E-state index in [1.54, 1.807) is 0 Å². The monoisotopic (exact) mass is 344 g/mol. The third kappa shape index (κ3) is 4.26. The van der Waals surface area contributed by atoms with Crippen molar-refractivity contribution in [1.29, 1.82) is 0 Å². The summed E-state index contributed by atoms with van der Waals surface area (Å²) in [5.41, 5.74) is 8.39. The molecule has 0 saturated heterocycles. The van der Waals surface area contributed by atoms with E-state index in [1.165, 1.54) is 31.9 Å². The van der Waals surface area contributed by atoms with E-state index in [0.29, 0.717) is 10.7 Å². The molecule has 3 rings (SSSR count). The maximum absolute atomic E-state index is 6.15. The first-order valence-electron chi connectivity index (χ1n) is 8.40. The molecule has 4 nitrogen and oxygen atoms in total. The zero-order valence-electron chi connectivity index (χ0n) is 14.6. The number of aromatic nitrogens is 3. The van der Waals surface area contributed by atoms with Crippen molar-refractivity contribution < 1.29 is 0 Å². The van der Waals surface area contributed by atoms with Crippen LogP contribution in [0, 0.1) is 0 Å². The number of nitrogens with two attached hydrogens (primary N) is 1. The van der Waals surface area contributed by atoms with Gasteiger partial charge in [0.15, 0.2) is 0 Å². The second kappa shape index (κ2) is 8.69. The van der Waals surface area contributed by atoms with Gasteiger partial charge in [-0.05, 0) is 6.07 Å². The van der Waals surface area contributed by atoms with Crippen LogP contribution >= 0.6 is 11.6 Å². The molecule has 3 aromatic rings. The van der Waals surface area contributed by atoms with Crippen molar-refractivity contribution in [3.63, 3.8) is 0 Å². The van der Waals surface area contributed by atoms with Gasteiger partial charge in [-0.15, -0.1) is 0 Å². The Balaban J connectivity index is 0.000000301. The Hall–Kier alpha value is -2.07. The Bertz CT molecular complexity index is 791. The van der Waals surface area contributed by atoms with Crippen LogP contribution < -0.4 is 5.73 Å². The molecule has 0 bridgehead atoms. The van der Waals surface area contributed by atoms with E-state index < -0.39 is 0 Å². The molecule has 0 radical (unpaired) electrons. The number of fused-ring (bicyclic) bond motifs is 1. The molecule has 0 amide bonds. The largest absolute Gasteiger partial charge is 0.368 e. The fourth-order valence-corrected chi connectivity index (χ4v) is 2.79. The zero-order valence-corrected chi connectivity index (χ0v) is 15.3. The minimum Gasteiger partial charge on any atom is -0.368 e. The molecule has 0 aliphatic carbocycles. The van der Waals surface area contributed by atoms with E-state index in [-0.39, 0.29) is 5.95 Å². The van der Waals surface area contributed by atoms with Gasteiger partial charge in [-0.1, -0.05) is 69.3 Å². The summed E-state index contributed by atoms with van der Waals surface area (Å²) in [6.45, 7) is 4.46. The number of aryl methyl sites for hydroxylation is 1. The second-order valence-electron chi connectivity index (χ2n) is 5.80. The molecule has 0 saturated carbocycles. The molecule has 2 heterocycles. The molecule has 2 aromatic heterocycles. The number of halogens is 1. The molecule has 0 unspecified atom stereocenters. The Morgan fingerprint density at radius 3 is 2.46 bits per heavy atom. The topological polar surface area (TPSA) is 56.7 Å². The summed E-state index contributed by atoms with van der Waals surface area (Å²) in [6, 6.07) is 8.09. The number of nitrogens with zero attached hydrogens (tertiary/aromatic N) is 3. The molecule has 5 heteroatoms. The standard InChI is InChI=1S/C13H11ClN4.C6H14/c1-18-7-9(8-4-2-3-5-11(8)18)12-10(14)6-16-13(15)17-12;1-3-5-6-4-2/h2-7H,1H3,(H2,15,16,17);3-6H2,1-2H3. The second-order valence-corrected chi connectivity index (χ2v) is 6.21. The molecule has 2 N–H and O–H groups in total. The fourth-order valence-electron chi connectivity index (χ4n) is 2.60. The van der Waals surface area contributed by atoms with Crippen LogP contribution in [0.4, 0.5) is 5.95 Å². The van der Waals surface area contributed by atoms with Gasteiger partial charge in [0.2, 0.25) is 5.95 Å². The fraction of sp³-hybridized carbons (Fsp3) is 0.368. The lowest BCUT2D eigenvalue weighted by molar-refractivity contribution is 0.702. The Labute approximate surface area is 148 Å². The molecule has 0 atom stereocenters. The van der Waals surface area contributed by atoms with Gasteiger partial charge in [0, 0.05) is 29.7 Å². The van der Waals surface area contributed by atoms with Crippen LogP contribution in [0.25, 0.3) is 22.2 Å². The van der Waals surface area contributed by atoms with Crippen molar-refractivity contribution in [2.24, 2.45) is 7.05 Å². The van der Waals surface area contributed by atoms with Gasteiger partial charge >= 0.3 is 0 Å². The van der Waals surface area contributed by atoms with Crippen LogP contribution in [0.3, 0.4) is 0 Å². The summed E-state index contributed by atoms with van der Waals surface area (Å²) in [6.07, 6.45) is 9.06. The molecule has 0 aliphatic rings. The lowest BCUT2D eigenvalue weighted by Gasteiger charge is -2.02. The lowest BCUT2D eigenvalue weighted by atomic mass is 10.1. The van der Waals surface area contributed by atoms with Crippen molar-refractivity contribution in [2.75, 3.05) is 5.73 Å². The maximum Gasteiger partial charge on any atom is 0.220 e. The van der Waals surface area contributed by atoms with Gasteiger partial charge in [-0.3, -0.25) is 0 Å². The van der Waals surface area contributed by atoms with Gasteiger partial charge < -0.3 is 10.3 Å². The summed E-state index contributed by atoms with van der Waals surface area (Å²) in [4.78, 5) is 8.11. The smallest absolute Gasteiger partial charge is 0.220 e. The molecular weight excluding hydrogens is 320 g/mol. The highest BCUT2D eigenvalue weighted by molar-refractivity contribution is 6.33. The Kier molecular flexibility index (Phi) is 6.62. The van der Waals surface area contributed by atoms with E-state index in [1.807, 2.05) is 36.0 Å². The van der Waals surface area contributed by atoms with Crippen LogP contribution in [0.2, 0.25) is 5.02 Å². The van der Waals surface area contributed by atoms with Crippen molar-refractivity contribution in [3.8, 4) is 11.3 Å². The third-order valence-electron chi connectivity index (χ3n) is 3.87. The van der Waals surface area contributed by atoms with E-state index in [4.69, 9.17) is 17.3 Å². The Morgan fingerprint density at radius 2 is 1.79 bits per heavy atom. The van der Waals surface area contributed by atoms with Crippen molar-refractivity contribution in [2.45, 2.75) is 39.5 Å². The van der Waals surface area contributed by atoms with Gasteiger partial charge in [-0.25, -0.2) is 9.97 Å². The van der Waals surface area contributed by atoms with Crippen LogP contribution in [0.5, 0.6) is 0 Å². The lowest BCUT2D eigenvalue weighted by Crippen LogP contribution is -1.96. The SMILES string of the molecule is CCCCCC.Cn1cc(-c2nc(N)ncc2Cl)c2ccccc21. The molecule has 0 spiro atoms. The number of nitrogen functional groups attached to an aromatic ring is 1. The van der Waals surface area contributed by atoms with E-state index in [9.17, 15) is 0 Å². The van der Waals surface area contributed by atoms with Crippen LogP contribution in [0.15, 0.2) is 36.7 Å². The molecule has 0 aliphatic heterocycles. The van der Waals surface area contributed by atoms with Gasteiger partial charge in [0.1, 0.15) is 0 Å². The highest BCUT2D eigenvalue weighted by atomic mass is 35.5. The highest BCUT2D eigenvalue weighted by Gasteiger charge is 2.13. The number of hydrogen-bond acceptors (Lipinski definition) is 3. The summed E-state index contributed by atoms with van der Waals surface area (Å²) in [7, 11) is 1.99. The first kappa shape index (κ1) is 18.3. The summed E-state index contributed by atoms with van der Waals surface area (Å²) in [5.74, 6) is 0.224. The third-order valence-corrected chi connectivity index (χ3v) is 4.15. The number of hydrogen-bond donors (Lipinski definition) is 1. The minimum absolute atomic E-state index is 0.224. The van der Waals surface area contributed by atoms with E-state index >= 15 is 0 Å². The van der Waals surface area contributed by atoms with Crippen molar-refractivity contribution in [1.82, 2.24) is 14.5 Å². The van der Waals surface area contributed by atoms with Crippen molar-refractivity contribution in [3.05, 3.63) is 41.7 Å². The average Bonchev–Trinajstić information content (AvgIpc) is 2.93. The molecule has 1 aromatic carbocycles. The normalized spacial score (nSPS) is 10.5. The maximum atomic E-state index is 6.15. The predicted octanol–water partition coefficient (Wildman–Crippen LogP) is 5.46. The quantitative estimate of drug-likeness (QED) is 0.639. The van der Waals surface area contributed by atoms with Gasteiger partial charge in [-0.2, -0.15) is 0 Å². The average molecular weight is 345 g/mol. The van der Waals surface area contributed by atoms with Gasteiger partial charge in [0.25, 0.3) is 0 Å². The molecule has 128 valence electrons. The number of anilines is 1. The predicted molar refractivity (Wildman–Crippen MR) is 103 cm³/mol. The Morgan fingerprint density at radius 1 is 1.12 bits per heavy atom. The molecular formula is C19H25ClN4. The highest BCUT2D eigenvalue weighted by Crippen LogP contribution is 2.32. The minimum atomic E-state index is 0.224. The number of rotatable bonds is 4. The first-order chi connectivity index (χ1) is 11.6. The van der Waals surface area contributed by atoms with E-state index in [0.717, 1.165) is 16.5 Å². The van der Waals surface area contributed by atoms with Crippen LogP contribution in [-0.4, -0.2) is 14.5 Å². The summed E-state index contributed by atoms with van der Waals surface area (Å²) < 4.78 is 2.04. The summed E-state index contributed by atoms with van der Waals surface area (Å²) in [5, 5.41) is 1.60. The zero-order chi connectivity index (χ0) is 17.5. The van der Waals surface area contributed by atoms with Crippen LogP contribution in [-0.2, 0) is 7.05 Å². The number of para-hydroxylation sites is 1. The number of benzene rings is 1.